The van der Waals surface area contributed by atoms with Crippen molar-refractivity contribution in [1.82, 2.24) is 4.90 Å². The molecule has 0 bridgehead atoms. The van der Waals surface area contributed by atoms with Crippen LogP contribution in [0.5, 0.6) is 0 Å². The lowest BCUT2D eigenvalue weighted by atomic mass is 9.87. The van der Waals surface area contributed by atoms with Crippen LogP contribution in [0.15, 0.2) is 18.2 Å². The van der Waals surface area contributed by atoms with Crippen LogP contribution in [0.2, 0.25) is 5.02 Å². The molecule has 0 fully saturated rings. The van der Waals surface area contributed by atoms with Gasteiger partial charge in [-0.1, -0.05) is 18.5 Å². The minimum Gasteiger partial charge on any atom is -0.297 e. The largest absolute Gasteiger partial charge is 0.297 e. The standard InChI is InChI=1S/C13H17ClFNO/c1-5-13(2,16(3)4)12(17)10-8-9(15)6-7-11(10)14/h6-8H,5H2,1-4H3. The third-order valence-corrected chi connectivity index (χ3v) is 3.67. The summed E-state index contributed by atoms with van der Waals surface area (Å²) >= 11 is 5.95. The predicted molar refractivity (Wildman–Crippen MR) is 68.1 cm³/mol. The molecule has 0 saturated heterocycles. The van der Waals surface area contributed by atoms with Gasteiger partial charge in [-0.2, -0.15) is 0 Å². The number of ketones is 1. The number of hydrogen-bond donors (Lipinski definition) is 0. The minimum atomic E-state index is -0.669. The van der Waals surface area contributed by atoms with Crippen molar-refractivity contribution in [2.24, 2.45) is 0 Å². The molecule has 0 aliphatic rings. The Balaban J connectivity index is 3.24. The summed E-state index contributed by atoms with van der Waals surface area (Å²) in [6, 6.07) is 3.86. The molecule has 17 heavy (non-hydrogen) atoms. The van der Waals surface area contributed by atoms with Gasteiger partial charge in [0.2, 0.25) is 0 Å². The summed E-state index contributed by atoms with van der Waals surface area (Å²) in [7, 11) is 3.66. The smallest absolute Gasteiger partial charge is 0.184 e. The van der Waals surface area contributed by atoms with E-state index in [4.69, 9.17) is 11.6 Å². The van der Waals surface area contributed by atoms with E-state index in [1.165, 1.54) is 18.2 Å². The number of carbonyl (C=O) groups excluding carboxylic acids is 1. The van der Waals surface area contributed by atoms with Crippen molar-refractivity contribution in [3.8, 4) is 0 Å². The lowest BCUT2D eigenvalue weighted by Gasteiger charge is -2.34. The molecule has 0 aliphatic heterocycles. The van der Waals surface area contributed by atoms with E-state index in [2.05, 4.69) is 0 Å². The minimum absolute atomic E-state index is 0.158. The van der Waals surface area contributed by atoms with Crippen molar-refractivity contribution in [2.75, 3.05) is 14.1 Å². The fraction of sp³-hybridized carbons (Fsp3) is 0.462. The summed E-state index contributed by atoms with van der Waals surface area (Å²) in [5.74, 6) is -0.607. The highest BCUT2D eigenvalue weighted by atomic mass is 35.5. The summed E-state index contributed by atoms with van der Waals surface area (Å²) in [6.45, 7) is 3.75. The normalized spacial score (nSPS) is 14.8. The molecule has 1 aromatic carbocycles. The van der Waals surface area contributed by atoms with Crippen LogP contribution in [0, 0.1) is 5.82 Å². The first-order chi connectivity index (χ1) is 7.82. The van der Waals surface area contributed by atoms with Gasteiger partial charge < -0.3 is 0 Å². The molecule has 0 N–H and O–H groups in total. The van der Waals surface area contributed by atoms with Gasteiger partial charge in [-0.3, -0.25) is 9.69 Å². The van der Waals surface area contributed by atoms with Gasteiger partial charge >= 0.3 is 0 Å². The number of carbonyl (C=O) groups is 1. The molecule has 1 aromatic rings. The van der Waals surface area contributed by atoms with Gasteiger partial charge in [0.1, 0.15) is 5.82 Å². The molecular weight excluding hydrogens is 241 g/mol. The topological polar surface area (TPSA) is 20.3 Å². The average molecular weight is 258 g/mol. The van der Waals surface area contributed by atoms with Gasteiger partial charge in [0.15, 0.2) is 5.78 Å². The van der Waals surface area contributed by atoms with Crippen LogP contribution in [0.1, 0.15) is 30.6 Å². The number of halogens is 2. The summed E-state index contributed by atoms with van der Waals surface area (Å²) in [6.07, 6.45) is 0.631. The quantitative estimate of drug-likeness (QED) is 0.771. The van der Waals surface area contributed by atoms with Crippen LogP contribution in [-0.2, 0) is 0 Å². The Labute approximate surface area is 106 Å². The van der Waals surface area contributed by atoms with Crippen LogP contribution in [0.25, 0.3) is 0 Å². The van der Waals surface area contributed by atoms with E-state index >= 15 is 0 Å². The molecule has 2 nitrogen and oxygen atoms in total. The van der Waals surface area contributed by atoms with Crippen LogP contribution < -0.4 is 0 Å². The number of Topliss-reactive ketones (excluding diaryl/α,β-unsaturated/α-hetero) is 1. The first-order valence-electron chi connectivity index (χ1n) is 5.50. The molecular formula is C13H17ClFNO. The van der Waals surface area contributed by atoms with E-state index in [0.29, 0.717) is 6.42 Å². The predicted octanol–water partition coefficient (Wildman–Crippen LogP) is 3.39. The number of hydrogen-bond acceptors (Lipinski definition) is 2. The van der Waals surface area contributed by atoms with E-state index in [1.807, 2.05) is 32.8 Å². The van der Waals surface area contributed by atoms with Crippen molar-refractivity contribution in [2.45, 2.75) is 25.8 Å². The van der Waals surface area contributed by atoms with E-state index < -0.39 is 11.4 Å². The summed E-state index contributed by atoms with van der Waals surface area (Å²) in [5.41, 5.74) is -0.429. The first-order valence-corrected chi connectivity index (χ1v) is 5.88. The molecule has 0 amide bonds. The number of rotatable bonds is 4. The third-order valence-electron chi connectivity index (χ3n) is 3.34. The SMILES string of the molecule is CCC(C)(C(=O)c1cc(F)ccc1Cl)N(C)C. The molecule has 94 valence electrons. The zero-order valence-electron chi connectivity index (χ0n) is 10.6. The molecule has 0 radical (unpaired) electrons. The Bertz CT molecular complexity index is 433. The Kier molecular flexibility index (Phi) is 4.28. The summed E-state index contributed by atoms with van der Waals surface area (Å²) in [4.78, 5) is 14.2. The van der Waals surface area contributed by atoms with Gasteiger partial charge in [0.05, 0.1) is 10.6 Å². The maximum Gasteiger partial charge on any atom is 0.184 e. The van der Waals surface area contributed by atoms with Gasteiger partial charge in [-0.15, -0.1) is 0 Å². The Morgan fingerprint density at radius 1 is 1.47 bits per heavy atom. The second kappa shape index (κ2) is 5.15. The van der Waals surface area contributed by atoms with Crippen LogP contribution in [0.3, 0.4) is 0 Å². The van der Waals surface area contributed by atoms with E-state index in [1.54, 1.807) is 0 Å². The number of likely N-dealkylation sites (N-methyl/N-ethyl adjacent to an activating group) is 1. The van der Waals surface area contributed by atoms with Gasteiger partial charge in [-0.25, -0.2) is 4.39 Å². The third kappa shape index (κ3) is 2.67. The van der Waals surface area contributed by atoms with Crippen LogP contribution >= 0.6 is 11.6 Å². The van der Waals surface area contributed by atoms with Gasteiger partial charge in [0, 0.05) is 5.56 Å². The van der Waals surface area contributed by atoms with Crippen LogP contribution in [-0.4, -0.2) is 30.3 Å². The molecule has 0 saturated carbocycles. The highest BCUT2D eigenvalue weighted by molar-refractivity contribution is 6.34. The zero-order chi connectivity index (χ0) is 13.2. The second-order valence-electron chi connectivity index (χ2n) is 4.48. The Morgan fingerprint density at radius 2 is 2.06 bits per heavy atom. The summed E-state index contributed by atoms with van der Waals surface area (Å²) in [5, 5.41) is 0.290. The van der Waals surface area contributed by atoms with Crippen LogP contribution in [0.4, 0.5) is 4.39 Å². The highest BCUT2D eigenvalue weighted by Gasteiger charge is 2.35. The van der Waals surface area contributed by atoms with Crippen molar-refractivity contribution < 1.29 is 9.18 Å². The van der Waals surface area contributed by atoms with Crippen molar-refractivity contribution in [3.63, 3.8) is 0 Å². The van der Waals surface area contributed by atoms with Crippen molar-refractivity contribution in [1.29, 1.82) is 0 Å². The van der Waals surface area contributed by atoms with E-state index in [0.717, 1.165) is 0 Å². The van der Waals surface area contributed by atoms with Crippen molar-refractivity contribution >= 4 is 17.4 Å². The molecule has 0 aromatic heterocycles. The molecule has 0 spiro atoms. The fourth-order valence-electron chi connectivity index (χ4n) is 1.64. The Morgan fingerprint density at radius 3 is 2.53 bits per heavy atom. The van der Waals surface area contributed by atoms with E-state index in [-0.39, 0.29) is 16.4 Å². The molecule has 1 unspecified atom stereocenters. The molecule has 4 heteroatoms. The lowest BCUT2D eigenvalue weighted by Crippen LogP contribution is -2.48. The molecule has 1 atom stereocenters. The van der Waals surface area contributed by atoms with Gasteiger partial charge in [-0.05, 0) is 45.6 Å². The second-order valence-corrected chi connectivity index (χ2v) is 4.88. The summed E-state index contributed by atoms with van der Waals surface area (Å²) < 4.78 is 13.2. The number of benzene rings is 1. The molecule has 1 rings (SSSR count). The first kappa shape index (κ1) is 14.1. The fourth-order valence-corrected chi connectivity index (χ4v) is 1.84. The highest BCUT2D eigenvalue weighted by Crippen LogP contribution is 2.27. The maximum atomic E-state index is 13.2. The maximum absolute atomic E-state index is 13.2. The lowest BCUT2D eigenvalue weighted by molar-refractivity contribution is 0.0710. The van der Waals surface area contributed by atoms with Gasteiger partial charge in [0.25, 0.3) is 0 Å². The Hall–Kier alpha value is -0.930. The molecule has 0 heterocycles. The monoisotopic (exact) mass is 257 g/mol. The molecule has 0 aliphatic carbocycles. The van der Waals surface area contributed by atoms with Crippen molar-refractivity contribution in [3.05, 3.63) is 34.6 Å². The average Bonchev–Trinajstić information content (AvgIpc) is 2.30. The number of nitrogens with zero attached hydrogens (tertiary/aromatic N) is 1. The zero-order valence-corrected chi connectivity index (χ0v) is 11.3. The van der Waals surface area contributed by atoms with E-state index in [9.17, 15) is 9.18 Å².